The molecule has 1 aromatic rings. The van der Waals surface area contributed by atoms with Crippen molar-refractivity contribution in [1.82, 2.24) is 16.0 Å². The summed E-state index contributed by atoms with van der Waals surface area (Å²) < 4.78 is 5.39. The van der Waals surface area contributed by atoms with Crippen LogP contribution >= 0.6 is 0 Å². The van der Waals surface area contributed by atoms with Crippen molar-refractivity contribution in [3.05, 3.63) is 29.3 Å². The van der Waals surface area contributed by atoms with Crippen molar-refractivity contribution in [1.29, 1.82) is 0 Å². The molecule has 0 unspecified atom stereocenters. The van der Waals surface area contributed by atoms with Crippen LogP contribution in [0.2, 0.25) is 0 Å². The number of nitrogens with one attached hydrogen (secondary N) is 3. The summed E-state index contributed by atoms with van der Waals surface area (Å²) in [6, 6.07) is 6.65. The number of benzene rings is 1. The molecule has 1 fully saturated rings. The molecule has 0 radical (unpaired) electrons. The molecule has 0 spiro atoms. The molecule has 6 nitrogen and oxygen atoms in total. The van der Waals surface area contributed by atoms with E-state index in [0.717, 1.165) is 49.6 Å². The molecule has 0 aromatic heterocycles. The Hall–Kier alpha value is -2.24. The number of ether oxygens (including phenoxy) is 1. The molecule has 2 rings (SSSR count). The lowest BCUT2D eigenvalue weighted by atomic mass is 9.95. The van der Waals surface area contributed by atoms with Crippen LogP contribution in [0.5, 0.6) is 5.75 Å². The number of amides is 1. The molecule has 0 bridgehead atoms. The van der Waals surface area contributed by atoms with Crippen LogP contribution in [0.25, 0.3) is 0 Å². The van der Waals surface area contributed by atoms with Gasteiger partial charge in [-0.2, -0.15) is 0 Å². The summed E-state index contributed by atoms with van der Waals surface area (Å²) in [5.74, 6) is 1.78. The lowest BCUT2D eigenvalue weighted by Crippen LogP contribution is -2.39. The molecule has 1 aliphatic rings. The van der Waals surface area contributed by atoms with Crippen molar-refractivity contribution in [2.24, 2.45) is 4.99 Å². The molecule has 1 aromatic carbocycles. The maximum atomic E-state index is 12.1. The van der Waals surface area contributed by atoms with Crippen molar-refractivity contribution in [2.45, 2.75) is 64.8 Å². The number of carbonyl (C=O) groups excluding carboxylic acids is 1. The van der Waals surface area contributed by atoms with Crippen molar-refractivity contribution in [2.75, 3.05) is 26.7 Å². The average molecular weight is 389 g/mol. The number of aryl methyl sites for hydroxylation is 1. The first-order valence-corrected chi connectivity index (χ1v) is 10.6. The lowest BCUT2D eigenvalue weighted by Gasteiger charge is -2.22. The smallest absolute Gasteiger partial charge is 0.222 e. The maximum Gasteiger partial charge on any atom is 0.222 e. The average Bonchev–Trinajstić information content (AvgIpc) is 2.70. The second-order valence-electron chi connectivity index (χ2n) is 7.39. The Balaban J connectivity index is 1.74. The number of guanidine groups is 1. The fraction of sp³-hybridized carbons (Fsp3) is 0.636. The summed E-state index contributed by atoms with van der Waals surface area (Å²) in [6.45, 7) is 6.13. The summed E-state index contributed by atoms with van der Waals surface area (Å²) >= 11 is 0. The Bertz CT molecular complexity index is 639. The van der Waals surface area contributed by atoms with Gasteiger partial charge in [0.2, 0.25) is 5.91 Å². The van der Waals surface area contributed by atoms with Crippen LogP contribution in [0.3, 0.4) is 0 Å². The van der Waals surface area contributed by atoms with Gasteiger partial charge in [-0.25, -0.2) is 0 Å². The van der Waals surface area contributed by atoms with E-state index in [1.54, 1.807) is 7.11 Å². The zero-order chi connectivity index (χ0) is 20.2. The van der Waals surface area contributed by atoms with Gasteiger partial charge in [-0.15, -0.1) is 0 Å². The van der Waals surface area contributed by atoms with Crippen molar-refractivity contribution >= 4 is 11.9 Å². The van der Waals surface area contributed by atoms with Gasteiger partial charge in [0, 0.05) is 25.6 Å². The van der Waals surface area contributed by atoms with E-state index in [2.05, 4.69) is 39.1 Å². The monoisotopic (exact) mass is 388 g/mol. The maximum absolute atomic E-state index is 12.1. The number of hydrogen-bond acceptors (Lipinski definition) is 3. The standard InChI is InChI=1S/C22H36N4O2/c1-4-23-22(24-14-12-18-11-10-17(2)20(16-18)28-3)25-15-13-21(27)26-19-8-6-5-7-9-19/h10-11,16,19H,4-9,12-15H2,1-3H3,(H,26,27)(H2,23,24,25). The zero-order valence-corrected chi connectivity index (χ0v) is 17.6. The van der Waals surface area contributed by atoms with E-state index in [4.69, 9.17) is 4.74 Å². The van der Waals surface area contributed by atoms with Crippen molar-refractivity contribution < 1.29 is 9.53 Å². The summed E-state index contributed by atoms with van der Waals surface area (Å²) in [5.41, 5.74) is 2.36. The van der Waals surface area contributed by atoms with E-state index in [1.165, 1.54) is 24.8 Å². The van der Waals surface area contributed by atoms with Gasteiger partial charge in [0.25, 0.3) is 0 Å². The molecule has 0 aliphatic heterocycles. The summed E-state index contributed by atoms with van der Waals surface area (Å²) in [7, 11) is 1.70. The molecule has 1 aliphatic carbocycles. The minimum absolute atomic E-state index is 0.109. The summed E-state index contributed by atoms with van der Waals surface area (Å²) in [6.07, 6.45) is 7.29. The molecule has 28 heavy (non-hydrogen) atoms. The Kier molecular flexibility index (Phi) is 9.66. The van der Waals surface area contributed by atoms with Crippen LogP contribution in [-0.2, 0) is 11.2 Å². The van der Waals surface area contributed by atoms with Gasteiger partial charge in [-0.05, 0) is 50.3 Å². The Morgan fingerprint density at radius 3 is 2.71 bits per heavy atom. The SMILES string of the molecule is CCNC(=NCCC(=O)NC1CCCCC1)NCCc1ccc(C)c(OC)c1. The summed E-state index contributed by atoms with van der Waals surface area (Å²) in [4.78, 5) is 16.6. The Morgan fingerprint density at radius 1 is 1.21 bits per heavy atom. The third kappa shape index (κ3) is 7.79. The quantitative estimate of drug-likeness (QED) is 0.449. The minimum Gasteiger partial charge on any atom is -0.496 e. The molecule has 0 saturated heterocycles. The van der Waals surface area contributed by atoms with E-state index in [-0.39, 0.29) is 5.91 Å². The van der Waals surface area contributed by atoms with Gasteiger partial charge >= 0.3 is 0 Å². The van der Waals surface area contributed by atoms with Gasteiger partial charge in [0.1, 0.15) is 5.75 Å². The first-order valence-electron chi connectivity index (χ1n) is 10.6. The predicted molar refractivity (Wildman–Crippen MR) is 115 cm³/mol. The molecule has 1 amide bonds. The second kappa shape index (κ2) is 12.3. The van der Waals surface area contributed by atoms with E-state index in [1.807, 2.05) is 13.8 Å². The fourth-order valence-electron chi connectivity index (χ4n) is 3.50. The second-order valence-corrected chi connectivity index (χ2v) is 7.39. The van der Waals surface area contributed by atoms with Crippen molar-refractivity contribution in [3.63, 3.8) is 0 Å². The van der Waals surface area contributed by atoms with Gasteiger partial charge in [-0.1, -0.05) is 31.4 Å². The molecule has 0 atom stereocenters. The van der Waals surface area contributed by atoms with E-state index in [9.17, 15) is 4.79 Å². The normalized spacial score (nSPS) is 15.2. The molecule has 3 N–H and O–H groups in total. The number of carbonyl (C=O) groups is 1. The predicted octanol–water partition coefficient (Wildman–Crippen LogP) is 2.94. The molecule has 6 heteroatoms. The number of hydrogen-bond donors (Lipinski definition) is 3. The van der Waals surface area contributed by atoms with Gasteiger partial charge in [0.05, 0.1) is 13.7 Å². The van der Waals surface area contributed by atoms with Gasteiger partial charge < -0.3 is 20.7 Å². The third-order valence-corrected chi connectivity index (χ3v) is 5.10. The first kappa shape index (κ1) is 22.1. The number of aliphatic imine (C=N–C) groups is 1. The van der Waals surface area contributed by atoms with Crippen LogP contribution in [0.15, 0.2) is 23.2 Å². The molecule has 0 heterocycles. The number of nitrogens with zero attached hydrogens (tertiary/aromatic N) is 1. The number of methoxy groups -OCH3 is 1. The molecule has 156 valence electrons. The van der Waals surface area contributed by atoms with Crippen molar-refractivity contribution in [3.8, 4) is 5.75 Å². The first-order chi connectivity index (χ1) is 13.6. The highest BCUT2D eigenvalue weighted by Crippen LogP contribution is 2.19. The lowest BCUT2D eigenvalue weighted by molar-refractivity contribution is -0.121. The number of rotatable bonds is 9. The van der Waals surface area contributed by atoms with Crippen LogP contribution in [-0.4, -0.2) is 44.7 Å². The Morgan fingerprint density at radius 2 is 2.00 bits per heavy atom. The Labute approximate surface area is 169 Å². The highest BCUT2D eigenvalue weighted by atomic mass is 16.5. The largest absolute Gasteiger partial charge is 0.496 e. The van der Waals surface area contributed by atoms with Crippen LogP contribution in [0, 0.1) is 6.92 Å². The molecular formula is C22H36N4O2. The van der Waals surface area contributed by atoms with E-state index < -0.39 is 0 Å². The zero-order valence-electron chi connectivity index (χ0n) is 17.6. The summed E-state index contributed by atoms with van der Waals surface area (Å²) in [5, 5.41) is 9.72. The highest BCUT2D eigenvalue weighted by Gasteiger charge is 2.15. The third-order valence-electron chi connectivity index (χ3n) is 5.10. The van der Waals surface area contributed by atoms with Crippen LogP contribution in [0.4, 0.5) is 0 Å². The molecular weight excluding hydrogens is 352 g/mol. The van der Waals surface area contributed by atoms with Gasteiger partial charge in [-0.3, -0.25) is 9.79 Å². The van der Waals surface area contributed by atoms with Gasteiger partial charge in [0.15, 0.2) is 5.96 Å². The van der Waals surface area contributed by atoms with E-state index >= 15 is 0 Å². The van der Waals surface area contributed by atoms with Crippen LogP contribution in [0.1, 0.15) is 56.6 Å². The molecule has 1 saturated carbocycles. The minimum atomic E-state index is 0.109. The van der Waals surface area contributed by atoms with Crippen LogP contribution < -0.4 is 20.7 Å². The topological polar surface area (TPSA) is 74.8 Å². The fourth-order valence-corrected chi connectivity index (χ4v) is 3.50. The highest BCUT2D eigenvalue weighted by molar-refractivity contribution is 5.80. The van der Waals surface area contributed by atoms with E-state index in [0.29, 0.717) is 19.0 Å².